The minimum Gasteiger partial charge on any atom is -0.466 e. The largest absolute Gasteiger partial charge is 0.466 e. The molecule has 1 aromatic rings. The van der Waals surface area contributed by atoms with Crippen LogP contribution >= 0.6 is 0 Å². The molecule has 0 aliphatic heterocycles. The van der Waals surface area contributed by atoms with E-state index in [9.17, 15) is 9.59 Å². The average Bonchev–Trinajstić information content (AvgIpc) is 2.43. The van der Waals surface area contributed by atoms with Gasteiger partial charge in [-0.15, -0.1) is 0 Å². The molecule has 0 radical (unpaired) electrons. The molecule has 1 aromatic carbocycles. The Hall–Kier alpha value is -2.04. The number of esters is 1. The second-order valence-electron chi connectivity index (χ2n) is 5.97. The molecule has 0 N–H and O–H groups in total. The summed E-state index contributed by atoms with van der Waals surface area (Å²) in [6.45, 7) is 7.63. The first-order chi connectivity index (χ1) is 10.2. The SMILES string of the molecule is CCOC(=O)CCc1ccccc1N(C)C(=O)OC(C)(C)C. The number of amides is 1. The molecular formula is C17H25NO4. The van der Waals surface area contributed by atoms with Crippen LogP contribution < -0.4 is 4.90 Å². The normalized spacial score (nSPS) is 11.0. The molecule has 0 aliphatic carbocycles. The first-order valence-corrected chi connectivity index (χ1v) is 7.45. The van der Waals surface area contributed by atoms with Crippen LogP contribution in [-0.4, -0.2) is 31.3 Å². The van der Waals surface area contributed by atoms with Gasteiger partial charge in [-0.05, 0) is 45.7 Å². The summed E-state index contributed by atoms with van der Waals surface area (Å²) >= 11 is 0. The van der Waals surface area contributed by atoms with Crippen molar-refractivity contribution in [3.63, 3.8) is 0 Å². The smallest absolute Gasteiger partial charge is 0.414 e. The number of hydrogen-bond donors (Lipinski definition) is 0. The van der Waals surface area contributed by atoms with Crippen LogP contribution in [-0.2, 0) is 20.7 Å². The average molecular weight is 307 g/mol. The molecule has 0 fully saturated rings. The highest BCUT2D eigenvalue weighted by Crippen LogP contribution is 2.22. The van der Waals surface area contributed by atoms with Gasteiger partial charge in [0.25, 0.3) is 0 Å². The maximum absolute atomic E-state index is 12.2. The fourth-order valence-electron chi connectivity index (χ4n) is 1.95. The summed E-state index contributed by atoms with van der Waals surface area (Å²) < 4.78 is 10.3. The Morgan fingerprint density at radius 2 is 1.82 bits per heavy atom. The Labute approximate surface area is 132 Å². The summed E-state index contributed by atoms with van der Waals surface area (Å²) in [7, 11) is 1.66. The fraction of sp³-hybridized carbons (Fsp3) is 0.529. The summed E-state index contributed by atoms with van der Waals surface area (Å²) in [6, 6.07) is 7.47. The van der Waals surface area contributed by atoms with Gasteiger partial charge in [0.05, 0.1) is 6.61 Å². The molecule has 0 aromatic heterocycles. The number of rotatable bonds is 5. The Morgan fingerprint density at radius 1 is 1.18 bits per heavy atom. The van der Waals surface area contributed by atoms with E-state index in [1.165, 1.54) is 4.90 Å². The van der Waals surface area contributed by atoms with Crippen molar-refractivity contribution in [1.29, 1.82) is 0 Å². The van der Waals surface area contributed by atoms with Crippen LogP contribution in [0, 0.1) is 0 Å². The highest BCUT2D eigenvalue weighted by Gasteiger charge is 2.22. The third-order valence-corrected chi connectivity index (χ3v) is 2.92. The highest BCUT2D eigenvalue weighted by atomic mass is 16.6. The van der Waals surface area contributed by atoms with Crippen molar-refractivity contribution in [2.24, 2.45) is 0 Å². The molecule has 0 saturated carbocycles. The van der Waals surface area contributed by atoms with Crippen molar-refractivity contribution in [3.8, 4) is 0 Å². The lowest BCUT2D eigenvalue weighted by molar-refractivity contribution is -0.143. The molecule has 0 spiro atoms. The third-order valence-electron chi connectivity index (χ3n) is 2.92. The molecule has 0 atom stereocenters. The van der Waals surface area contributed by atoms with Gasteiger partial charge in [0.15, 0.2) is 0 Å². The van der Waals surface area contributed by atoms with E-state index in [1.807, 2.05) is 45.0 Å². The maximum atomic E-state index is 12.2. The quantitative estimate of drug-likeness (QED) is 0.781. The minimum atomic E-state index is -0.550. The first-order valence-electron chi connectivity index (χ1n) is 7.45. The summed E-state index contributed by atoms with van der Waals surface area (Å²) in [5.74, 6) is -0.239. The van der Waals surface area contributed by atoms with Crippen LogP contribution in [0.2, 0.25) is 0 Å². The fourth-order valence-corrected chi connectivity index (χ4v) is 1.95. The highest BCUT2D eigenvalue weighted by molar-refractivity contribution is 5.88. The number of anilines is 1. The zero-order valence-electron chi connectivity index (χ0n) is 14.0. The van der Waals surface area contributed by atoms with Crippen molar-refractivity contribution in [3.05, 3.63) is 29.8 Å². The lowest BCUT2D eigenvalue weighted by atomic mass is 10.1. The maximum Gasteiger partial charge on any atom is 0.414 e. The van der Waals surface area contributed by atoms with E-state index in [-0.39, 0.29) is 12.4 Å². The summed E-state index contributed by atoms with van der Waals surface area (Å²) in [5.41, 5.74) is 1.09. The summed E-state index contributed by atoms with van der Waals surface area (Å²) in [4.78, 5) is 25.1. The molecule has 0 unspecified atom stereocenters. The van der Waals surface area contributed by atoms with Crippen molar-refractivity contribution in [2.45, 2.75) is 46.1 Å². The Bertz CT molecular complexity index is 520. The van der Waals surface area contributed by atoms with E-state index in [0.717, 1.165) is 11.3 Å². The number of ether oxygens (including phenoxy) is 2. The molecule has 1 rings (SSSR count). The van der Waals surface area contributed by atoms with E-state index < -0.39 is 11.7 Å². The summed E-state index contributed by atoms with van der Waals surface area (Å²) in [6.07, 6.45) is 0.380. The molecule has 0 heterocycles. The van der Waals surface area contributed by atoms with Crippen LogP contribution in [0.5, 0.6) is 0 Å². The molecule has 0 bridgehead atoms. The van der Waals surface area contributed by atoms with Crippen LogP contribution in [0.15, 0.2) is 24.3 Å². The number of carbonyl (C=O) groups excluding carboxylic acids is 2. The minimum absolute atomic E-state index is 0.239. The van der Waals surface area contributed by atoms with Gasteiger partial charge in [0, 0.05) is 19.2 Å². The topological polar surface area (TPSA) is 55.8 Å². The van der Waals surface area contributed by atoms with E-state index in [2.05, 4.69) is 0 Å². The van der Waals surface area contributed by atoms with E-state index in [1.54, 1.807) is 14.0 Å². The van der Waals surface area contributed by atoms with Gasteiger partial charge in [-0.3, -0.25) is 9.69 Å². The predicted octanol–water partition coefficient (Wildman–Crippen LogP) is 3.55. The van der Waals surface area contributed by atoms with E-state index in [0.29, 0.717) is 13.0 Å². The number of carbonyl (C=O) groups is 2. The van der Waals surface area contributed by atoms with Crippen LogP contribution in [0.25, 0.3) is 0 Å². The molecule has 5 heteroatoms. The lowest BCUT2D eigenvalue weighted by Crippen LogP contribution is -2.34. The predicted molar refractivity (Wildman–Crippen MR) is 86.0 cm³/mol. The number of aryl methyl sites for hydroxylation is 1. The van der Waals surface area contributed by atoms with E-state index in [4.69, 9.17) is 9.47 Å². The first kappa shape index (κ1) is 18.0. The number of benzene rings is 1. The van der Waals surface area contributed by atoms with Crippen molar-refractivity contribution < 1.29 is 19.1 Å². The molecule has 0 aliphatic rings. The Morgan fingerprint density at radius 3 is 2.41 bits per heavy atom. The molecule has 0 saturated heterocycles. The van der Waals surface area contributed by atoms with Gasteiger partial charge in [-0.25, -0.2) is 4.79 Å². The number of nitrogens with zero attached hydrogens (tertiary/aromatic N) is 1. The van der Waals surface area contributed by atoms with Gasteiger partial charge in [-0.2, -0.15) is 0 Å². The van der Waals surface area contributed by atoms with Gasteiger partial charge in [0.2, 0.25) is 0 Å². The molecular weight excluding hydrogens is 282 g/mol. The molecule has 22 heavy (non-hydrogen) atoms. The van der Waals surface area contributed by atoms with Crippen LogP contribution in [0.1, 0.15) is 39.7 Å². The third kappa shape index (κ3) is 5.76. The van der Waals surface area contributed by atoms with Crippen molar-refractivity contribution >= 4 is 17.7 Å². The molecule has 5 nitrogen and oxygen atoms in total. The number of para-hydroxylation sites is 1. The molecule has 122 valence electrons. The van der Waals surface area contributed by atoms with E-state index >= 15 is 0 Å². The standard InChI is InChI=1S/C17H25NO4/c1-6-21-15(19)12-11-13-9-7-8-10-14(13)18(5)16(20)22-17(2,3)4/h7-10H,6,11-12H2,1-5H3. The zero-order valence-corrected chi connectivity index (χ0v) is 14.0. The second kappa shape index (κ2) is 7.82. The lowest BCUT2D eigenvalue weighted by Gasteiger charge is -2.26. The van der Waals surface area contributed by atoms with Gasteiger partial charge in [0.1, 0.15) is 5.60 Å². The Kier molecular flexibility index (Phi) is 6.40. The Balaban J connectivity index is 2.82. The monoisotopic (exact) mass is 307 g/mol. The van der Waals surface area contributed by atoms with Gasteiger partial charge >= 0.3 is 12.1 Å². The van der Waals surface area contributed by atoms with Crippen molar-refractivity contribution in [1.82, 2.24) is 0 Å². The zero-order chi connectivity index (χ0) is 16.8. The van der Waals surface area contributed by atoms with Crippen LogP contribution in [0.3, 0.4) is 0 Å². The van der Waals surface area contributed by atoms with Gasteiger partial charge < -0.3 is 9.47 Å². The second-order valence-corrected chi connectivity index (χ2v) is 5.97. The number of hydrogen-bond acceptors (Lipinski definition) is 4. The molecule has 1 amide bonds. The van der Waals surface area contributed by atoms with Gasteiger partial charge in [-0.1, -0.05) is 18.2 Å². The summed E-state index contributed by atoms with van der Waals surface area (Å²) in [5, 5.41) is 0. The van der Waals surface area contributed by atoms with Crippen LogP contribution in [0.4, 0.5) is 10.5 Å². The van der Waals surface area contributed by atoms with Crippen molar-refractivity contribution in [2.75, 3.05) is 18.6 Å².